The normalized spacial score (nSPS) is 11.3. The van der Waals surface area contributed by atoms with Gasteiger partial charge in [0.1, 0.15) is 12.6 Å². The molecule has 0 saturated heterocycles. The van der Waals surface area contributed by atoms with E-state index in [2.05, 4.69) is 57.6 Å². The molecule has 0 spiro atoms. The maximum absolute atomic E-state index is 3.50. The second-order valence-corrected chi connectivity index (χ2v) is 4.67. The summed E-state index contributed by atoms with van der Waals surface area (Å²) in [5.74, 6) is 0. The number of aromatic amines is 1. The first-order valence-electron chi connectivity index (χ1n) is 4.80. The predicted molar refractivity (Wildman–Crippen MR) is 64.7 cm³/mol. The van der Waals surface area contributed by atoms with Gasteiger partial charge in [-0.05, 0) is 18.2 Å². The Hall–Kier alpha value is -1.35. The first-order valence-corrected chi connectivity index (χ1v) is 5.59. The van der Waals surface area contributed by atoms with Crippen LogP contribution in [0, 0.1) is 0 Å². The van der Waals surface area contributed by atoms with Crippen LogP contribution >= 0.6 is 15.9 Å². The summed E-state index contributed by atoms with van der Waals surface area (Å²) in [5.41, 5.74) is 2.35. The number of aryl methyl sites for hydroxylation is 1. The maximum atomic E-state index is 3.50. The molecule has 0 unspecified atom stereocenters. The average Bonchev–Trinajstić information content (AvgIpc) is 2.54. The van der Waals surface area contributed by atoms with Crippen molar-refractivity contribution in [3.05, 3.63) is 41.1 Å². The Bertz CT molecular complexity index is 655. The fourth-order valence-corrected chi connectivity index (χ4v) is 2.29. The zero-order valence-electron chi connectivity index (χ0n) is 8.29. The van der Waals surface area contributed by atoms with E-state index in [4.69, 9.17) is 0 Å². The number of halogens is 1. The van der Waals surface area contributed by atoms with Crippen molar-refractivity contribution in [3.63, 3.8) is 0 Å². The number of H-pyrrole nitrogens is 1. The fourth-order valence-electron chi connectivity index (χ4n) is 1.93. The lowest BCUT2D eigenvalue weighted by atomic mass is 10.2. The fraction of sp³-hybridized carbons (Fsp3) is 0.0833. The Morgan fingerprint density at radius 2 is 2.00 bits per heavy atom. The van der Waals surface area contributed by atoms with Gasteiger partial charge >= 0.3 is 0 Å². The summed E-state index contributed by atoms with van der Waals surface area (Å²) >= 11 is 3.50. The van der Waals surface area contributed by atoms with Crippen LogP contribution in [0.15, 0.2) is 41.1 Å². The van der Waals surface area contributed by atoms with Crippen LogP contribution in [0.25, 0.3) is 21.8 Å². The van der Waals surface area contributed by atoms with Crippen molar-refractivity contribution in [1.82, 2.24) is 4.98 Å². The summed E-state index contributed by atoms with van der Waals surface area (Å²) < 4.78 is 3.16. The Morgan fingerprint density at radius 3 is 2.87 bits per heavy atom. The molecule has 74 valence electrons. The third kappa shape index (κ3) is 1.35. The van der Waals surface area contributed by atoms with Crippen LogP contribution in [0.3, 0.4) is 0 Å². The molecule has 1 N–H and O–H groups in total. The molecule has 0 radical (unpaired) electrons. The Labute approximate surface area is 95.7 Å². The average molecular weight is 262 g/mol. The Morgan fingerprint density at radius 1 is 1.13 bits per heavy atom. The van der Waals surface area contributed by atoms with Crippen molar-refractivity contribution < 1.29 is 4.57 Å². The van der Waals surface area contributed by atoms with E-state index in [0.29, 0.717) is 0 Å². The first kappa shape index (κ1) is 8.92. The van der Waals surface area contributed by atoms with Gasteiger partial charge in [0.25, 0.3) is 0 Å². The quantitative estimate of drug-likeness (QED) is 0.601. The molecule has 0 aliphatic heterocycles. The molecule has 15 heavy (non-hydrogen) atoms. The van der Waals surface area contributed by atoms with E-state index >= 15 is 0 Å². The molecule has 2 aromatic heterocycles. The number of nitrogens with zero attached hydrogens (tertiary/aromatic N) is 1. The van der Waals surface area contributed by atoms with Crippen LogP contribution < -0.4 is 4.57 Å². The number of hydrogen-bond acceptors (Lipinski definition) is 0. The zero-order valence-corrected chi connectivity index (χ0v) is 9.88. The molecule has 3 aromatic rings. The van der Waals surface area contributed by atoms with Gasteiger partial charge in [-0.3, -0.25) is 0 Å². The molecule has 1 aromatic carbocycles. The molecule has 0 aliphatic rings. The van der Waals surface area contributed by atoms with Gasteiger partial charge in [0.15, 0.2) is 12.4 Å². The van der Waals surface area contributed by atoms with Gasteiger partial charge in [0.2, 0.25) is 0 Å². The van der Waals surface area contributed by atoms with E-state index in [0.717, 1.165) is 4.47 Å². The lowest BCUT2D eigenvalue weighted by Crippen LogP contribution is -2.25. The minimum absolute atomic E-state index is 1.11. The molecule has 0 atom stereocenters. The van der Waals surface area contributed by atoms with Gasteiger partial charge in [-0.15, -0.1) is 0 Å². The van der Waals surface area contributed by atoms with Crippen molar-refractivity contribution in [2.45, 2.75) is 0 Å². The maximum Gasteiger partial charge on any atom is 0.192 e. The SMILES string of the molecule is C[n+]1ccc2c(c1)[nH]c1ccc(Br)cc12. The monoisotopic (exact) mass is 261 g/mol. The van der Waals surface area contributed by atoms with Crippen LogP contribution in [0.2, 0.25) is 0 Å². The molecule has 0 aliphatic carbocycles. The van der Waals surface area contributed by atoms with E-state index in [1.54, 1.807) is 0 Å². The lowest BCUT2D eigenvalue weighted by molar-refractivity contribution is -0.670. The highest BCUT2D eigenvalue weighted by Crippen LogP contribution is 2.26. The smallest absolute Gasteiger partial charge is 0.192 e. The second kappa shape index (κ2) is 3.07. The van der Waals surface area contributed by atoms with E-state index < -0.39 is 0 Å². The van der Waals surface area contributed by atoms with Gasteiger partial charge in [-0.2, -0.15) is 0 Å². The van der Waals surface area contributed by atoms with Crippen molar-refractivity contribution in [2.75, 3.05) is 0 Å². The topological polar surface area (TPSA) is 19.7 Å². The molecule has 2 heterocycles. The number of hydrogen-bond donors (Lipinski definition) is 1. The summed E-state index contributed by atoms with van der Waals surface area (Å²) in [6.07, 6.45) is 4.17. The summed E-state index contributed by atoms with van der Waals surface area (Å²) in [4.78, 5) is 3.40. The lowest BCUT2D eigenvalue weighted by Gasteiger charge is -1.91. The van der Waals surface area contributed by atoms with Crippen molar-refractivity contribution in [2.24, 2.45) is 7.05 Å². The number of fused-ring (bicyclic) bond motifs is 3. The van der Waals surface area contributed by atoms with Crippen LogP contribution in [-0.2, 0) is 7.05 Å². The molecule has 3 rings (SSSR count). The van der Waals surface area contributed by atoms with Gasteiger partial charge in [-0.1, -0.05) is 15.9 Å². The standard InChI is InChI=1S/C12H9BrN2/c1-15-5-4-9-10-6-8(13)2-3-11(10)14-12(9)7-15/h2-7H,1H3/p+1. The van der Waals surface area contributed by atoms with Crippen LogP contribution in [0.5, 0.6) is 0 Å². The number of nitrogens with one attached hydrogen (secondary N) is 1. The van der Waals surface area contributed by atoms with Crippen LogP contribution in [0.1, 0.15) is 0 Å². The largest absolute Gasteiger partial charge is 0.350 e. The summed E-state index contributed by atoms with van der Waals surface area (Å²) in [5, 5.41) is 2.53. The number of aromatic nitrogens is 2. The Balaban J connectivity index is 2.53. The number of benzene rings is 1. The van der Waals surface area contributed by atoms with E-state index in [1.165, 1.54) is 21.8 Å². The van der Waals surface area contributed by atoms with Crippen molar-refractivity contribution in [3.8, 4) is 0 Å². The predicted octanol–water partition coefficient (Wildman–Crippen LogP) is 2.91. The van der Waals surface area contributed by atoms with Crippen molar-refractivity contribution >= 4 is 37.7 Å². The summed E-state index contributed by atoms with van der Waals surface area (Å²) in [6, 6.07) is 8.44. The number of pyridine rings is 1. The number of rotatable bonds is 0. The second-order valence-electron chi connectivity index (χ2n) is 3.75. The minimum Gasteiger partial charge on any atom is -0.350 e. The van der Waals surface area contributed by atoms with Gasteiger partial charge in [0.05, 0.1) is 0 Å². The molecule has 2 nitrogen and oxygen atoms in total. The van der Waals surface area contributed by atoms with E-state index in [-0.39, 0.29) is 0 Å². The van der Waals surface area contributed by atoms with Crippen LogP contribution in [0.4, 0.5) is 0 Å². The van der Waals surface area contributed by atoms with Gasteiger partial charge in [-0.25, -0.2) is 4.57 Å². The minimum atomic E-state index is 1.11. The molecular formula is C12H10BrN2+. The van der Waals surface area contributed by atoms with E-state index in [1.807, 2.05) is 11.6 Å². The first-order chi connectivity index (χ1) is 7.24. The van der Waals surface area contributed by atoms with Crippen LogP contribution in [-0.4, -0.2) is 4.98 Å². The highest BCUT2D eigenvalue weighted by Gasteiger charge is 2.06. The molecule has 0 bridgehead atoms. The Kier molecular flexibility index (Phi) is 1.83. The van der Waals surface area contributed by atoms with Crippen molar-refractivity contribution in [1.29, 1.82) is 0 Å². The van der Waals surface area contributed by atoms with E-state index in [9.17, 15) is 0 Å². The molecule has 0 fully saturated rings. The van der Waals surface area contributed by atoms with Gasteiger partial charge < -0.3 is 4.98 Å². The molecule has 0 saturated carbocycles. The highest BCUT2D eigenvalue weighted by molar-refractivity contribution is 9.10. The summed E-state index contributed by atoms with van der Waals surface area (Å²) in [6.45, 7) is 0. The zero-order chi connectivity index (χ0) is 10.4. The summed E-state index contributed by atoms with van der Waals surface area (Å²) in [7, 11) is 2.03. The highest BCUT2D eigenvalue weighted by atomic mass is 79.9. The third-order valence-electron chi connectivity index (χ3n) is 2.64. The molecule has 0 amide bonds. The molecule has 3 heteroatoms. The third-order valence-corrected chi connectivity index (χ3v) is 3.13. The van der Waals surface area contributed by atoms with Gasteiger partial charge in [0, 0.05) is 26.8 Å². The molecular weight excluding hydrogens is 252 g/mol.